The number of rotatable bonds is 2. The number of halogens is 1. The minimum absolute atomic E-state index is 0.445. The topological polar surface area (TPSA) is 75.1 Å². The molecule has 6 heteroatoms. The van der Waals surface area contributed by atoms with Gasteiger partial charge in [0.1, 0.15) is 6.04 Å². The van der Waals surface area contributed by atoms with Gasteiger partial charge in [-0.05, 0) is 23.6 Å². The van der Waals surface area contributed by atoms with Crippen LogP contribution in [0, 0.1) is 5.41 Å². The molecule has 0 radical (unpaired) electrons. The fourth-order valence-electron chi connectivity index (χ4n) is 2.22. The fraction of sp³-hybridized carbons (Fsp3) is 0.385. The lowest BCUT2D eigenvalue weighted by Gasteiger charge is -2.27. The van der Waals surface area contributed by atoms with Crippen molar-refractivity contribution in [2.45, 2.75) is 26.8 Å². The van der Waals surface area contributed by atoms with Crippen LogP contribution in [-0.2, 0) is 4.79 Å². The summed E-state index contributed by atoms with van der Waals surface area (Å²) in [5, 5.41) is 9.88. The molecule has 102 valence electrons. The number of H-pyrrole nitrogens is 1. The number of nitrogens with one attached hydrogen (secondary N) is 1. The molecule has 2 aromatic rings. The molecule has 0 bridgehead atoms. The Balaban J connectivity index is 2.80. The molecule has 0 fully saturated rings. The van der Waals surface area contributed by atoms with E-state index >= 15 is 0 Å². The highest BCUT2D eigenvalue weighted by atomic mass is 35.5. The van der Waals surface area contributed by atoms with Crippen molar-refractivity contribution < 1.29 is 9.90 Å². The maximum atomic E-state index is 12.0. The smallest absolute Gasteiger partial charge is 0.327 e. The van der Waals surface area contributed by atoms with Crippen molar-refractivity contribution >= 4 is 28.6 Å². The molecule has 5 nitrogen and oxygen atoms in total. The van der Waals surface area contributed by atoms with Crippen molar-refractivity contribution in [3.8, 4) is 0 Å². The Hall–Kier alpha value is -1.75. The summed E-state index contributed by atoms with van der Waals surface area (Å²) >= 11 is 5.92. The Morgan fingerprint density at radius 2 is 2.05 bits per heavy atom. The molecule has 1 heterocycles. The number of aromatic amines is 1. The van der Waals surface area contributed by atoms with Crippen molar-refractivity contribution in [2.75, 3.05) is 0 Å². The number of fused-ring (bicyclic) bond motifs is 1. The number of carboxylic acid groups (broad SMARTS) is 1. The van der Waals surface area contributed by atoms with Crippen LogP contribution in [0.5, 0.6) is 0 Å². The average molecular weight is 283 g/mol. The van der Waals surface area contributed by atoms with Gasteiger partial charge < -0.3 is 10.1 Å². The molecule has 1 atom stereocenters. The predicted molar refractivity (Wildman–Crippen MR) is 73.7 cm³/mol. The second-order valence-electron chi connectivity index (χ2n) is 5.57. The Morgan fingerprint density at radius 1 is 1.42 bits per heavy atom. The first-order valence-corrected chi connectivity index (χ1v) is 6.22. The molecule has 1 aromatic carbocycles. The summed E-state index contributed by atoms with van der Waals surface area (Å²) in [7, 11) is 0. The van der Waals surface area contributed by atoms with E-state index in [0.717, 1.165) is 0 Å². The molecule has 0 saturated heterocycles. The maximum absolute atomic E-state index is 12.0. The van der Waals surface area contributed by atoms with Crippen LogP contribution < -0.4 is 5.69 Å². The first kappa shape index (κ1) is 13.7. The van der Waals surface area contributed by atoms with Gasteiger partial charge in [-0.25, -0.2) is 9.59 Å². The van der Waals surface area contributed by atoms with E-state index in [1.54, 1.807) is 39.0 Å². The van der Waals surface area contributed by atoms with Crippen molar-refractivity contribution in [1.29, 1.82) is 0 Å². The van der Waals surface area contributed by atoms with Gasteiger partial charge in [-0.15, -0.1) is 0 Å². The van der Waals surface area contributed by atoms with E-state index < -0.39 is 23.1 Å². The van der Waals surface area contributed by atoms with E-state index in [0.29, 0.717) is 16.1 Å². The van der Waals surface area contributed by atoms with Crippen LogP contribution in [0.4, 0.5) is 0 Å². The van der Waals surface area contributed by atoms with Gasteiger partial charge in [0, 0.05) is 5.02 Å². The molecule has 0 aliphatic rings. The SMILES string of the molecule is CC(C)(C)C(C(=O)O)n1c(=O)[nH]c2ccc(Cl)cc21. The molecule has 2 rings (SSSR count). The summed E-state index contributed by atoms with van der Waals surface area (Å²) in [4.78, 5) is 26.2. The first-order chi connectivity index (χ1) is 8.71. The second kappa shape index (κ2) is 4.42. The van der Waals surface area contributed by atoms with Crippen LogP contribution >= 0.6 is 11.6 Å². The van der Waals surface area contributed by atoms with Crippen LogP contribution in [0.3, 0.4) is 0 Å². The summed E-state index contributed by atoms with van der Waals surface area (Å²) in [6, 6.07) is 3.94. The molecule has 0 aliphatic heterocycles. The van der Waals surface area contributed by atoms with Crippen LogP contribution in [0.25, 0.3) is 11.0 Å². The number of carbonyl (C=O) groups is 1. The number of hydrogen-bond acceptors (Lipinski definition) is 2. The van der Waals surface area contributed by atoms with Gasteiger partial charge in [-0.1, -0.05) is 32.4 Å². The zero-order chi connectivity index (χ0) is 14.4. The van der Waals surface area contributed by atoms with E-state index in [1.165, 1.54) is 4.57 Å². The normalized spacial score (nSPS) is 13.7. The summed E-state index contributed by atoms with van der Waals surface area (Å²) in [6.45, 7) is 5.34. The molecule has 1 unspecified atom stereocenters. The van der Waals surface area contributed by atoms with E-state index in [9.17, 15) is 14.7 Å². The van der Waals surface area contributed by atoms with Crippen LogP contribution in [0.2, 0.25) is 5.02 Å². The molecule has 1 aromatic heterocycles. The highest BCUT2D eigenvalue weighted by molar-refractivity contribution is 6.31. The quantitative estimate of drug-likeness (QED) is 0.889. The van der Waals surface area contributed by atoms with Gasteiger partial charge in [0.2, 0.25) is 0 Å². The molecular formula is C13H15ClN2O3. The molecule has 0 saturated carbocycles. The van der Waals surface area contributed by atoms with Gasteiger partial charge in [-0.3, -0.25) is 4.57 Å². The second-order valence-corrected chi connectivity index (χ2v) is 6.00. The molecule has 0 amide bonds. The number of aromatic nitrogens is 2. The van der Waals surface area contributed by atoms with Crippen molar-refractivity contribution in [1.82, 2.24) is 9.55 Å². The Bertz CT molecular complexity index is 694. The van der Waals surface area contributed by atoms with Crippen molar-refractivity contribution in [3.05, 3.63) is 33.7 Å². The minimum Gasteiger partial charge on any atom is -0.480 e. The third kappa shape index (κ3) is 2.38. The predicted octanol–water partition coefficient (Wildman–Crippen LogP) is 2.65. The monoisotopic (exact) mass is 282 g/mol. The van der Waals surface area contributed by atoms with E-state index in [1.807, 2.05) is 0 Å². The average Bonchev–Trinajstić information content (AvgIpc) is 2.54. The van der Waals surface area contributed by atoms with Crippen molar-refractivity contribution in [3.63, 3.8) is 0 Å². The van der Waals surface area contributed by atoms with E-state index in [4.69, 9.17) is 11.6 Å². The van der Waals surface area contributed by atoms with Gasteiger partial charge >= 0.3 is 11.7 Å². The summed E-state index contributed by atoms with van der Waals surface area (Å²) < 4.78 is 1.25. The first-order valence-electron chi connectivity index (χ1n) is 5.84. The third-order valence-electron chi connectivity index (χ3n) is 2.99. The van der Waals surface area contributed by atoms with Gasteiger partial charge in [0.25, 0.3) is 0 Å². The van der Waals surface area contributed by atoms with Gasteiger partial charge in [-0.2, -0.15) is 0 Å². The molecular weight excluding hydrogens is 268 g/mol. The number of hydrogen-bond donors (Lipinski definition) is 2. The number of benzene rings is 1. The lowest BCUT2D eigenvalue weighted by molar-refractivity contribution is -0.144. The number of aliphatic carboxylic acids is 1. The van der Waals surface area contributed by atoms with Crippen LogP contribution in [0.1, 0.15) is 26.8 Å². The summed E-state index contributed by atoms with van der Waals surface area (Å²) in [5.41, 5.74) is 0.0249. The van der Waals surface area contributed by atoms with Crippen molar-refractivity contribution in [2.24, 2.45) is 5.41 Å². The fourth-order valence-corrected chi connectivity index (χ4v) is 2.39. The van der Waals surface area contributed by atoms with Gasteiger partial charge in [0.05, 0.1) is 11.0 Å². The largest absolute Gasteiger partial charge is 0.480 e. The zero-order valence-electron chi connectivity index (χ0n) is 10.9. The molecule has 0 spiro atoms. The van der Waals surface area contributed by atoms with E-state index in [2.05, 4.69) is 4.98 Å². The summed E-state index contributed by atoms with van der Waals surface area (Å²) in [5.74, 6) is -1.05. The maximum Gasteiger partial charge on any atom is 0.327 e. The number of nitrogens with zero attached hydrogens (tertiary/aromatic N) is 1. The van der Waals surface area contributed by atoms with Crippen LogP contribution in [-0.4, -0.2) is 20.6 Å². The standard InChI is InChI=1S/C13H15ClN2O3/c1-13(2,3)10(11(17)18)16-9-6-7(14)4-5-8(9)15-12(16)19/h4-6,10H,1-3H3,(H,15,19)(H,17,18). The molecule has 19 heavy (non-hydrogen) atoms. The zero-order valence-corrected chi connectivity index (χ0v) is 11.7. The number of imidazole rings is 1. The van der Waals surface area contributed by atoms with Crippen LogP contribution in [0.15, 0.2) is 23.0 Å². The third-order valence-corrected chi connectivity index (χ3v) is 3.23. The molecule has 2 N–H and O–H groups in total. The Labute approximate surface area is 114 Å². The highest BCUT2D eigenvalue weighted by Crippen LogP contribution is 2.32. The highest BCUT2D eigenvalue weighted by Gasteiger charge is 2.35. The lowest BCUT2D eigenvalue weighted by Crippen LogP contribution is -2.36. The number of carboxylic acids is 1. The Kier molecular flexibility index (Phi) is 3.18. The molecule has 0 aliphatic carbocycles. The minimum atomic E-state index is -1.05. The lowest BCUT2D eigenvalue weighted by atomic mass is 9.86. The van der Waals surface area contributed by atoms with E-state index in [-0.39, 0.29) is 0 Å². The van der Waals surface area contributed by atoms with Gasteiger partial charge in [0.15, 0.2) is 0 Å². The Morgan fingerprint density at radius 3 is 2.58 bits per heavy atom. The summed E-state index contributed by atoms with van der Waals surface area (Å²) in [6.07, 6.45) is 0.